The standard InChI is InChI=1S/C16H12F2N2OS/c1-20-15(9-22-10-6-7-12(17)13(18)8-10)19-14-5-3-2-4-11(14)16(20)21/h2-8H,9H2,1H3. The molecule has 1 heterocycles. The molecule has 1 aromatic heterocycles. The molecule has 0 unspecified atom stereocenters. The maximum Gasteiger partial charge on any atom is 0.261 e. The van der Waals surface area contributed by atoms with E-state index in [1.807, 2.05) is 6.07 Å². The van der Waals surface area contributed by atoms with Crippen LogP contribution in [0.25, 0.3) is 10.9 Å². The van der Waals surface area contributed by atoms with Crippen molar-refractivity contribution in [2.45, 2.75) is 10.6 Å². The second kappa shape index (κ2) is 5.88. The number of halogens is 2. The summed E-state index contributed by atoms with van der Waals surface area (Å²) in [5.74, 6) is -0.786. The molecule has 0 aliphatic heterocycles. The molecule has 3 nitrogen and oxygen atoms in total. The lowest BCUT2D eigenvalue weighted by Gasteiger charge is -2.09. The van der Waals surface area contributed by atoms with Gasteiger partial charge in [0, 0.05) is 11.9 Å². The van der Waals surface area contributed by atoms with Crippen LogP contribution in [0.4, 0.5) is 8.78 Å². The number of rotatable bonds is 3. The Morgan fingerprint density at radius 1 is 1.14 bits per heavy atom. The van der Waals surface area contributed by atoms with Gasteiger partial charge in [0.15, 0.2) is 11.6 Å². The normalized spacial score (nSPS) is 11.0. The van der Waals surface area contributed by atoms with E-state index in [1.165, 1.54) is 22.4 Å². The van der Waals surface area contributed by atoms with Gasteiger partial charge in [-0.3, -0.25) is 9.36 Å². The Morgan fingerprint density at radius 3 is 2.68 bits per heavy atom. The molecule has 112 valence electrons. The minimum atomic E-state index is -0.884. The average Bonchev–Trinajstić information content (AvgIpc) is 2.53. The van der Waals surface area contributed by atoms with Crippen LogP contribution in [0.1, 0.15) is 5.82 Å². The Bertz CT molecular complexity index is 908. The molecule has 0 radical (unpaired) electrons. The van der Waals surface area contributed by atoms with Crippen molar-refractivity contribution in [2.75, 3.05) is 0 Å². The van der Waals surface area contributed by atoms with Crippen LogP contribution in [0.15, 0.2) is 52.2 Å². The van der Waals surface area contributed by atoms with Crippen molar-refractivity contribution in [2.24, 2.45) is 7.05 Å². The molecular weight excluding hydrogens is 306 g/mol. The summed E-state index contributed by atoms with van der Waals surface area (Å²) in [5.41, 5.74) is 0.512. The number of para-hydroxylation sites is 1. The summed E-state index contributed by atoms with van der Waals surface area (Å²) in [7, 11) is 1.66. The van der Waals surface area contributed by atoms with Crippen molar-refractivity contribution in [3.8, 4) is 0 Å². The Balaban J connectivity index is 1.92. The van der Waals surface area contributed by atoms with Gasteiger partial charge in [-0.2, -0.15) is 0 Å². The van der Waals surface area contributed by atoms with Gasteiger partial charge in [-0.25, -0.2) is 13.8 Å². The molecule has 2 aromatic carbocycles. The Morgan fingerprint density at radius 2 is 1.91 bits per heavy atom. The number of thioether (sulfide) groups is 1. The van der Waals surface area contributed by atoms with Crippen LogP contribution in [-0.2, 0) is 12.8 Å². The third-order valence-corrected chi connectivity index (χ3v) is 4.32. The first-order chi connectivity index (χ1) is 10.6. The van der Waals surface area contributed by atoms with E-state index in [4.69, 9.17) is 0 Å². The zero-order valence-corrected chi connectivity index (χ0v) is 12.5. The van der Waals surface area contributed by atoms with Gasteiger partial charge in [0.2, 0.25) is 0 Å². The molecule has 0 amide bonds. The lowest BCUT2D eigenvalue weighted by molar-refractivity contribution is 0.506. The lowest BCUT2D eigenvalue weighted by atomic mass is 10.2. The maximum atomic E-state index is 13.2. The Labute approximate surface area is 129 Å². The topological polar surface area (TPSA) is 34.9 Å². The van der Waals surface area contributed by atoms with Crippen LogP contribution in [0, 0.1) is 11.6 Å². The molecule has 0 fully saturated rings. The first kappa shape index (κ1) is 14.7. The van der Waals surface area contributed by atoms with E-state index in [2.05, 4.69) is 4.98 Å². The highest BCUT2D eigenvalue weighted by atomic mass is 32.2. The lowest BCUT2D eigenvalue weighted by Crippen LogP contribution is -2.21. The van der Waals surface area contributed by atoms with Crippen LogP contribution in [0.2, 0.25) is 0 Å². The van der Waals surface area contributed by atoms with Crippen molar-refractivity contribution in [1.82, 2.24) is 9.55 Å². The van der Waals surface area contributed by atoms with Gasteiger partial charge in [-0.15, -0.1) is 11.8 Å². The van der Waals surface area contributed by atoms with Crippen molar-refractivity contribution in [3.63, 3.8) is 0 Å². The number of nitrogens with zero attached hydrogens (tertiary/aromatic N) is 2. The van der Waals surface area contributed by atoms with Crippen LogP contribution >= 0.6 is 11.8 Å². The fraction of sp³-hybridized carbons (Fsp3) is 0.125. The summed E-state index contributed by atoms with van der Waals surface area (Å²) in [6.45, 7) is 0. The molecule has 0 aliphatic carbocycles. The van der Waals surface area contributed by atoms with Gasteiger partial charge in [0.05, 0.1) is 16.7 Å². The van der Waals surface area contributed by atoms with Crippen molar-refractivity contribution >= 4 is 22.7 Å². The minimum Gasteiger partial charge on any atom is -0.299 e. The van der Waals surface area contributed by atoms with E-state index in [0.29, 0.717) is 27.4 Å². The van der Waals surface area contributed by atoms with E-state index in [0.717, 1.165) is 12.1 Å². The van der Waals surface area contributed by atoms with Crippen LogP contribution < -0.4 is 5.56 Å². The quantitative estimate of drug-likeness (QED) is 0.693. The van der Waals surface area contributed by atoms with Gasteiger partial charge in [0.1, 0.15) is 5.82 Å². The molecular formula is C16H12F2N2OS. The number of hydrogen-bond acceptors (Lipinski definition) is 3. The maximum absolute atomic E-state index is 13.2. The summed E-state index contributed by atoms with van der Waals surface area (Å²) in [4.78, 5) is 17.3. The number of fused-ring (bicyclic) bond motifs is 1. The molecule has 0 N–H and O–H groups in total. The van der Waals surface area contributed by atoms with Crippen molar-refractivity contribution in [1.29, 1.82) is 0 Å². The molecule has 0 aliphatic rings. The van der Waals surface area contributed by atoms with Crippen LogP contribution in [-0.4, -0.2) is 9.55 Å². The number of benzene rings is 2. The number of hydrogen-bond donors (Lipinski definition) is 0. The fourth-order valence-corrected chi connectivity index (χ4v) is 3.01. The predicted octanol–water partition coefficient (Wildman–Crippen LogP) is 3.50. The molecule has 0 spiro atoms. The second-order valence-electron chi connectivity index (χ2n) is 4.77. The Hall–Kier alpha value is -2.21. The zero-order valence-electron chi connectivity index (χ0n) is 11.7. The predicted molar refractivity (Wildman–Crippen MR) is 82.9 cm³/mol. The first-order valence-corrected chi connectivity index (χ1v) is 7.57. The van der Waals surface area contributed by atoms with Gasteiger partial charge < -0.3 is 0 Å². The summed E-state index contributed by atoms with van der Waals surface area (Å²) in [5, 5.41) is 0.562. The molecule has 0 saturated carbocycles. The molecule has 0 saturated heterocycles. The average molecular weight is 318 g/mol. The first-order valence-electron chi connectivity index (χ1n) is 6.59. The molecule has 3 rings (SSSR count). The largest absolute Gasteiger partial charge is 0.299 e. The molecule has 22 heavy (non-hydrogen) atoms. The zero-order chi connectivity index (χ0) is 15.7. The highest BCUT2D eigenvalue weighted by Crippen LogP contribution is 2.23. The summed E-state index contributed by atoms with van der Waals surface area (Å²) >= 11 is 1.30. The van der Waals surface area contributed by atoms with Gasteiger partial charge in [0.25, 0.3) is 5.56 Å². The third kappa shape index (κ3) is 2.74. The molecule has 6 heteroatoms. The number of aromatic nitrogens is 2. The molecule has 3 aromatic rings. The van der Waals surface area contributed by atoms with E-state index in [9.17, 15) is 13.6 Å². The highest BCUT2D eigenvalue weighted by Gasteiger charge is 2.09. The SMILES string of the molecule is Cn1c(CSc2ccc(F)c(F)c2)nc2ccccc2c1=O. The summed E-state index contributed by atoms with van der Waals surface area (Å²) in [6, 6.07) is 10.9. The van der Waals surface area contributed by atoms with Crippen molar-refractivity contribution < 1.29 is 8.78 Å². The van der Waals surface area contributed by atoms with Gasteiger partial charge in [-0.1, -0.05) is 12.1 Å². The third-order valence-electron chi connectivity index (χ3n) is 3.33. The van der Waals surface area contributed by atoms with Crippen LogP contribution in [0.3, 0.4) is 0 Å². The Kier molecular flexibility index (Phi) is 3.94. The minimum absolute atomic E-state index is 0.119. The monoisotopic (exact) mass is 318 g/mol. The summed E-state index contributed by atoms with van der Waals surface area (Å²) in [6.07, 6.45) is 0. The molecule has 0 atom stereocenters. The summed E-state index contributed by atoms with van der Waals surface area (Å²) < 4.78 is 27.6. The van der Waals surface area contributed by atoms with E-state index in [-0.39, 0.29) is 5.56 Å². The van der Waals surface area contributed by atoms with E-state index in [1.54, 1.807) is 25.2 Å². The second-order valence-corrected chi connectivity index (χ2v) is 5.82. The smallest absolute Gasteiger partial charge is 0.261 e. The van der Waals surface area contributed by atoms with E-state index >= 15 is 0 Å². The van der Waals surface area contributed by atoms with Gasteiger partial charge in [-0.05, 0) is 30.3 Å². The fourth-order valence-electron chi connectivity index (χ4n) is 2.11. The van der Waals surface area contributed by atoms with Gasteiger partial charge >= 0.3 is 0 Å². The van der Waals surface area contributed by atoms with Crippen LogP contribution in [0.5, 0.6) is 0 Å². The van der Waals surface area contributed by atoms with E-state index < -0.39 is 11.6 Å². The highest BCUT2D eigenvalue weighted by molar-refractivity contribution is 7.98. The molecule has 0 bridgehead atoms. The van der Waals surface area contributed by atoms with Crippen molar-refractivity contribution in [3.05, 3.63) is 70.3 Å².